The molecule has 0 bridgehead atoms. The topological polar surface area (TPSA) is 71.0 Å². The number of phenols is 1. The predicted octanol–water partition coefficient (Wildman–Crippen LogP) is 3.80. The molecule has 0 spiro atoms. The summed E-state index contributed by atoms with van der Waals surface area (Å²) in [6.07, 6.45) is 0. The molecule has 0 saturated carbocycles. The summed E-state index contributed by atoms with van der Waals surface area (Å²) in [6, 6.07) is 11.2. The number of non-ortho nitro benzene ring substituents is 1. The summed E-state index contributed by atoms with van der Waals surface area (Å²) in [7, 11) is 0. The first-order valence-corrected chi connectivity index (χ1v) is 11.1. The highest BCUT2D eigenvalue weighted by Crippen LogP contribution is 2.39. The molecule has 2 aromatic rings. The molecule has 168 valence electrons. The standard InChI is InChI=1S/C25H35N3O3/c1-24(2,3)21-15-18(16-22(23(21)29)25(4,5)6)17-26-11-13-27(14-12-26)19-7-9-20(10-8-19)28(30)31/h7-10,15-16,29H,11-14,17H2,1-6H3/p+1. The average molecular weight is 427 g/mol. The molecule has 1 aliphatic rings. The highest BCUT2D eigenvalue weighted by molar-refractivity contribution is 5.51. The SMILES string of the molecule is CC(C)(C)c1cc(C[NH+]2CCN(c3ccc([N+](=O)[O-])cc3)CC2)cc(C(C)(C)C)c1O. The van der Waals surface area contributed by atoms with Crippen LogP contribution in [0.3, 0.4) is 0 Å². The number of hydrogen-bond donors (Lipinski definition) is 2. The molecule has 6 nitrogen and oxygen atoms in total. The summed E-state index contributed by atoms with van der Waals surface area (Å²) in [5.74, 6) is 0.432. The Bertz CT molecular complexity index is 897. The van der Waals surface area contributed by atoms with E-state index in [2.05, 4.69) is 58.6 Å². The van der Waals surface area contributed by atoms with E-state index in [1.165, 1.54) is 10.5 Å². The molecule has 0 aliphatic carbocycles. The number of piperazine rings is 1. The fourth-order valence-electron chi connectivity index (χ4n) is 4.27. The molecule has 6 heteroatoms. The molecular formula is C25H36N3O3+. The van der Waals surface area contributed by atoms with Crippen LogP contribution < -0.4 is 9.80 Å². The maximum atomic E-state index is 10.9. The fraction of sp³-hybridized carbons (Fsp3) is 0.520. The number of nitrogens with one attached hydrogen (secondary N) is 1. The van der Waals surface area contributed by atoms with E-state index in [1.807, 2.05) is 12.1 Å². The predicted molar refractivity (Wildman–Crippen MR) is 125 cm³/mol. The van der Waals surface area contributed by atoms with Gasteiger partial charge in [-0.05, 0) is 35.1 Å². The molecule has 31 heavy (non-hydrogen) atoms. The molecule has 1 fully saturated rings. The zero-order valence-electron chi connectivity index (χ0n) is 19.7. The van der Waals surface area contributed by atoms with Crippen LogP contribution in [0.25, 0.3) is 0 Å². The number of nitrogens with zero attached hydrogens (tertiary/aromatic N) is 2. The van der Waals surface area contributed by atoms with Crippen LogP contribution in [0.15, 0.2) is 36.4 Å². The van der Waals surface area contributed by atoms with Crippen molar-refractivity contribution in [2.75, 3.05) is 31.1 Å². The zero-order valence-corrected chi connectivity index (χ0v) is 19.7. The molecule has 2 N–H and O–H groups in total. The lowest BCUT2D eigenvalue weighted by molar-refractivity contribution is -0.914. The van der Waals surface area contributed by atoms with Crippen LogP contribution in [0.4, 0.5) is 11.4 Å². The van der Waals surface area contributed by atoms with Crippen LogP contribution >= 0.6 is 0 Å². The third-order valence-corrected chi connectivity index (χ3v) is 6.14. The highest BCUT2D eigenvalue weighted by Gasteiger charge is 2.28. The molecule has 0 amide bonds. The minimum Gasteiger partial charge on any atom is -0.507 e. The Morgan fingerprint density at radius 1 is 0.968 bits per heavy atom. The second kappa shape index (κ2) is 8.50. The quantitative estimate of drug-likeness (QED) is 0.576. The van der Waals surface area contributed by atoms with Crippen LogP contribution in [-0.4, -0.2) is 36.2 Å². The number of rotatable bonds is 4. The number of phenolic OH excluding ortho intramolecular Hbond substituents is 1. The van der Waals surface area contributed by atoms with Crippen molar-refractivity contribution in [3.63, 3.8) is 0 Å². The number of nitro groups is 1. The van der Waals surface area contributed by atoms with Crippen LogP contribution in [0.2, 0.25) is 0 Å². The van der Waals surface area contributed by atoms with Gasteiger partial charge < -0.3 is 14.9 Å². The van der Waals surface area contributed by atoms with Gasteiger partial charge in [0.15, 0.2) is 0 Å². The van der Waals surface area contributed by atoms with Crippen LogP contribution in [-0.2, 0) is 17.4 Å². The van der Waals surface area contributed by atoms with Crippen molar-refractivity contribution >= 4 is 11.4 Å². The van der Waals surface area contributed by atoms with Gasteiger partial charge in [0.05, 0.1) is 31.1 Å². The number of aromatic hydroxyl groups is 1. The lowest BCUT2D eigenvalue weighted by Gasteiger charge is -2.34. The van der Waals surface area contributed by atoms with E-state index in [4.69, 9.17) is 0 Å². The minimum absolute atomic E-state index is 0.121. The Balaban J connectivity index is 1.73. The fourth-order valence-corrected chi connectivity index (χ4v) is 4.27. The molecule has 0 unspecified atom stereocenters. The molecule has 1 heterocycles. The van der Waals surface area contributed by atoms with Gasteiger partial charge >= 0.3 is 0 Å². The molecule has 0 radical (unpaired) electrons. The summed E-state index contributed by atoms with van der Waals surface area (Å²) in [4.78, 5) is 14.3. The van der Waals surface area contributed by atoms with Crippen molar-refractivity contribution in [2.45, 2.75) is 58.9 Å². The molecule has 1 saturated heterocycles. The average Bonchev–Trinajstić information content (AvgIpc) is 2.68. The van der Waals surface area contributed by atoms with Crippen molar-refractivity contribution in [3.8, 4) is 5.75 Å². The first-order chi connectivity index (χ1) is 14.4. The summed E-state index contributed by atoms with van der Waals surface area (Å²) >= 11 is 0. The summed E-state index contributed by atoms with van der Waals surface area (Å²) in [6.45, 7) is 17.7. The highest BCUT2D eigenvalue weighted by atomic mass is 16.6. The lowest BCUT2D eigenvalue weighted by Crippen LogP contribution is -3.13. The van der Waals surface area contributed by atoms with E-state index in [1.54, 1.807) is 12.1 Å². The van der Waals surface area contributed by atoms with Gasteiger partial charge in [0.25, 0.3) is 5.69 Å². The van der Waals surface area contributed by atoms with Gasteiger partial charge in [-0.15, -0.1) is 0 Å². The van der Waals surface area contributed by atoms with E-state index < -0.39 is 0 Å². The second-order valence-corrected chi connectivity index (χ2v) is 10.7. The van der Waals surface area contributed by atoms with E-state index in [0.717, 1.165) is 49.5 Å². The monoisotopic (exact) mass is 426 g/mol. The minimum atomic E-state index is -0.360. The van der Waals surface area contributed by atoms with Crippen molar-refractivity contribution in [1.82, 2.24) is 0 Å². The Kier molecular flexibility index (Phi) is 6.33. The Morgan fingerprint density at radius 3 is 1.87 bits per heavy atom. The summed E-state index contributed by atoms with van der Waals surface area (Å²) in [5.41, 5.74) is 4.22. The van der Waals surface area contributed by atoms with Crippen molar-refractivity contribution in [3.05, 3.63) is 63.2 Å². The largest absolute Gasteiger partial charge is 0.507 e. The number of hydrogen-bond acceptors (Lipinski definition) is 4. The van der Waals surface area contributed by atoms with Gasteiger partial charge in [-0.3, -0.25) is 10.1 Å². The van der Waals surface area contributed by atoms with Crippen LogP contribution in [0.1, 0.15) is 58.2 Å². The zero-order chi connectivity index (χ0) is 23.0. The molecule has 0 atom stereocenters. The number of benzene rings is 2. The normalized spacial score (nSPS) is 15.9. The van der Waals surface area contributed by atoms with Gasteiger partial charge in [0.1, 0.15) is 12.3 Å². The number of quaternary nitrogens is 1. The van der Waals surface area contributed by atoms with Gasteiger partial charge in [0, 0.05) is 34.5 Å². The Hall–Kier alpha value is -2.60. The molecule has 2 aromatic carbocycles. The van der Waals surface area contributed by atoms with E-state index >= 15 is 0 Å². The first kappa shape index (κ1) is 23.1. The lowest BCUT2D eigenvalue weighted by atomic mass is 9.78. The Labute approximate surface area is 185 Å². The molecular weight excluding hydrogens is 390 g/mol. The summed E-state index contributed by atoms with van der Waals surface area (Å²) < 4.78 is 0. The molecule has 0 aromatic heterocycles. The van der Waals surface area contributed by atoms with E-state index in [9.17, 15) is 15.2 Å². The first-order valence-electron chi connectivity index (χ1n) is 11.1. The third kappa shape index (κ3) is 5.37. The van der Waals surface area contributed by atoms with Crippen LogP contribution in [0.5, 0.6) is 5.75 Å². The maximum absolute atomic E-state index is 10.9. The van der Waals surface area contributed by atoms with Gasteiger partial charge in [0.2, 0.25) is 0 Å². The van der Waals surface area contributed by atoms with Crippen molar-refractivity contribution in [1.29, 1.82) is 0 Å². The number of nitro benzene ring substituents is 1. The van der Waals surface area contributed by atoms with Gasteiger partial charge in [-0.1, -0.05) is 41.5 Å². The van der Waals surface area contributed by atoms with E-state index in [-0.39, 0.29) is 21.4 Å². The maximum Gasteiger partial charge on any atom is 0.269 e. The van der Waals surface area contributed by atoms with Crippen LogP contribution in [0, 0.1) is 10.1 Å². The third-order valence-electron chi connectivity index (χ3n) is 6.14. The van der Waals surface area contributed by atoms with Gasteiger partial charge in [-0.25, -0.2) is 0 Å². The van der Waals surface area contributed by atoms with Gasteiger partial charge in [-0.2, -0.15) is 0 Å². The molecule has 3 rings (SSSR count). The Morgan fingerprint density at radius 2 is 1.45 bits per heavy atom. The molecule has 1 aliphatic heterocycles. The van der Waals surface area contributed by atoms with E-state index in [0.29, 0.717) is 5.75 Å². The summed E-state index contributed by atoms with van der Waals surface area (Å²) in [5, 5.41) is 21.8. The number of anilines is 1. The smallest absolute Gasteiger partial charge is 0.269 e. The van der Waals surface area contributed by atoms with Crippen molar-refractivity contribution < 1.29 is 14.9 Å². The second-order valence-electron chi connectivity index (χ2n) is 10.7. The van der Waals surface area contributed by atoms with Crippen molar-refractivity contribution in [2.24, 2.45) is 0 Å².